The lowest BCUT2D eigenvalue weighted by Crippen LogP contribution is -2.30. The number of hydrogen-bond acceptors (Lipinski definition) is 4. The zero-order valence-corrected chi connectivity index (χ0v) is 14.2. The van der Waals surface area contributed by atoms with Gasteiger partial charge in [-0.2, -0.15) is 0 Å². The molecule has 0 spiro atoms. The van der Waals surface area contributed by atoms with Crippen LogP contribution in [0.4, 0.5) is 5.69 Å². The highest BCUT2D eigenvalue weighted by Crippen LogP contribution is 2.30. The maximum atomic E-state index is 12.5. The van der Waals surface area contributed by atoms with E-state index in [9.17, 15) is 14.4 Å². The Kier molecular flexibility index (Phi) is 3.88. The summed E-state index contributed by atoms with van der Waals surface area (Å²) in [6.45, 7) is 1.43. The Morgan fingerprint density at radius 1 is 1.15 bits per heavy atom. The number of nitrogens with one attached hydrogen (secondary N) is 1. The van der Waals surface area contributed by atoms with Crippen molar-refractivity contribution in [2.45, 2.75) is 19.8 Å². The van der Waals surface area contributed by atoms with E-state index in [1.54, 1.807) is 12.1 Å². The number of para-hydroxylation sites is 2. The van der Waals surface area contributed by atoms with E-state index in [1.165, 1.54) is 11.8 Å². The molecule has 2 aromatic carbocycles. The van der Waals surface area contributed by atoms with Crippen molar-refractivity contribution in [2.75, 3.05) is 4.90 Å². The van der Waals surface area contributed by atoms with Crippen molar-refractivity contribution in [2.24, 2.45) is 5.92 Å². The quantitative estimate of drug-likeness (QED) is 0.735. The van der Waals surface area contributed by atoms with Crippen molar-refractivity contribution in [1.29, 1.82) is 0 Å². The first-order valence-electron chi connectivity index (χ1n) is 8.44. The highest BCUT2D eigenvalue weighted by atomic mass is 16.2. The number of carbonyl (C=O) groups is 3. The van der Waals surface area contributed by atoms with Gasteiger partial charge in [-0.3, -0.25) is 14.5 Å². The number of nitrogens with zero attached hydrogens (tertiary/aromatic N) is 2. The second-order valence-electron chi connectivity index (χ2n) is 6.52. The monoisotopic (exact) mass is 347 g/mol. The Bertz CT molecular complexity index is 987. The van der Waals surface area contributed by atoms with Crippen molar-refractivity contribution in [3.8, 4) is 11.4 Å². The van der Waals surface area contributed by atoms with Crippen LogP contribution in [0.5, 0.6) is 0 Å². The van der Waals surface area contributed by atoms with Gasteiger partial charge < -0.3 is 9.78 Å². The number of hydrogen-bond donors (Lipinski definition) is 1. The zero-order chi connectivity index (χ0) is 18.3. The van der Waals surface area contributed by atoms with Crippen LogP contribution in [0.25, 0.3) is 22.4 Å². The highest BCUT2D eigenvalue weighted by molar-refractivity contribution is 6.21. The van der Waals surface area contributed by atoms with Crippen molar-refractivity contribution in [3.05, 3.63) is 48.5 Å². The lowest BCUT2D eigenvalue weighted by atomic mass is 10.0. The van der Waals surface area contributed by atoms with Crippen LogP contribution in [0.2, 0.25) is 0 Å². The summed E-state index contributed by atoms with van der Waals surface area (Å²) in [7, 11) is 0. The number of aromatic amines is 1. The molecule has 26 heavy (non-hydrogen) atoms. The summed E-state index contributed by atoms with van der Waals surface area (Å²) in [4.78, 5) is 44.9. The van der Waals surface area contributed by atoms with Crippen molar-refractivity contribution in [1.82, 2.24) is 9.97 Å². The molecule has 2 heterocycles. The maximum absolute atomic E-state index is 12.5. The molecule has 1 fully saturated rings. The summed E-state index contributed by atoms with van der Waals surface area (Å²) in [6.07, 6.45) is 0.196. The first-order chi connectivity index (χ1) is 12.5. The Labute approximate surface area is 149 Å². The lowest BCUT2D eigenvalue weighted by Gasteiger charge is -2.15. The fraction of sp³-hybridized carbons (Fsp3) is 0.200. The van der Waals surface area contributed by atoms with Crippen LogP contribution in [-0.4, -0.2) is 27.6 Å². The fourth-order valence-corrected chi connectivity index (χ4v) is 3.33. The molecule has 1 aliphatic rings. The Morgan fingerprint density at radius 2 is 1.88 bits per heavy atom. The second-order valence-corrected chi connectivity index (χ2v) is 6.52. The third kappa shape index (κ3) is 2.79. The van der Waals surface area contributed by atoms with Crippen LogP contribution in [0.15, 0.2) is 48.5 Å². The molecular weight excluding hydrogens is 330 g/mol. The van der Waals surface area contributed by atoms with Gasteiger partial charge in [0, 0.05) is 18.4 Å². The lowest BCUT2D eigenvalue weighted by molar-refractivity contribution is -0.125. The topological polar surface area (TPSA) is 83.1 Å². The first kappa shape index (κ1) is 16.2. The van der Waals surface area contributed by atoms with Crippen molar-refractivity contribution in [3.63, 3.8) is 0 Å². The average Bonchev–Trinajstić information content (AvgIpc) is 3.16. The largest absolute Gasteiger partial charge is 0.338 e. The van der Waals surface area contributed by atoms with Crippen LogP contribution in [0.1, 0.15) is 19.8 Å². The van der Waals surface area contributed by atoms with Crippen molar-refractivity contribution >= 4 is 34.3 Å². The van der Waals surface area contributed by atoms with Gasteiger partial charge in [-0.05, 0) is 43.3 Å². The molecule has 1 saturated heterocycles. The van der Waals surface area contributed by atoms with E-state index in [1.807, 2.05) is 36.4 Å². The number of ketones is 1. The van der Waals surface area contributed by atoms with Gasteiger partial charge in [-0.1, -0.05) is 12.1 Å². The minimum absolute atomic E-state index is 0.0850. The number of imidazole rings is 1. The molecule has 6 heteroatoms. The molecule has 0 saturated carbocycles. The van der Waals surface area contributed by atoms with Crippen LogP contribution >= 0.6 is 0 Å². The minimum Gasteiger partial charge on any atom is -0.338 e. The standard InChI is InChI=1S/C20H17N3O3/c1-12(24)10-14-11-18(25)23(20(14)26)15-8-6-13(7-9-15)19-21-16-4-2-3-5-17(16)22-19/h2-9,14H,10-11H2,1H3,(H,21,22). The molecular formula is C20H17N3O3. The molecule has 1 aromatic heterocycles. The van der Waals surface area contributed by atoms with E-state index in [2.05, 4.69) is 9.97 Å². The molecule has 130 valence electrons. The van der Waals surface area contributed by atoms with Gasteiger partial charge in [-0.25, -0.2) is 4.98 Å². The van der Waals surface area contributed by atoms with Crippen molar-refractivity contribution < 1.29 is 14.4 Å². The molecule has 1 aliphatic heterocycles. The molecule has 4 rings (SSSR count). The Hall–Kier alpha value is -3.28. The van der Waals surface area contributed by atoms with Gasteiger partial charge in [0.15, 0.2) is 0 Å². The molecule has 0 bridgehead atoms. The van der Waals surface area contributed by atoms with Crippen LogP contribution in [0.3, 0.4) is 0 Å². The van der Waals surface area contributed by atoms with Gasteiger partial charge >= 0.3 is 0 Å². The van der Waals surface area contributed by atoms with E-state index in [0.29, 0.717) is 5.69 Å². The smallest absolute Gasteiger partial charge is 0.237 e. The molecule has 1 unspecified atom stereocenters. The van der Waals surface area contributed by atoms with E-state index in [-0.39, 0.29) is 30.4 Å². The number of amides is 2. The maximum Gasteiger partial charge on any atom is 0.237 e. The van der Waals surface area contributed by atoms with Gasteiger partial charge in [-0.15, -0.1) is 0 Å². The van der Waals surface area contributed by atoms with Crippen LogP contribution in [0, 0.1) is 5.92 Å². The number of H-pyrrole nitrogens is 1. The summed E-state index contributed by atoms with van der Waals surface area (Å²) in [5.41, 5.74) is 3.21. The molecule has 6 nitrogen and oxygen atoms in total. The molecule has 1 atom stereocenters. The number of Topliss-reactive ketones (excluding diaryl/α,β-unsaturated/α-hetero) is 1. The molecule has 0 aliphatic carbocycles. The number of aromatic nitrogens is 2. The van der Waals surface area contributed by atoms with Gasteiger partial charge in [0.25, 0.3) is 0 Å². The third-order valence-electron chi connectivity index (χ3n) is 4.56. The van der Waals surface area contributed by atoms with Gasteiger partial charge in [0.1, 0.15) is 11.6 Å². The summed E-state index contributed by atoms with van der Waals surface area (Å²) in [5, 5.41) is 0. The van der Waals surface area contributed by atoms with E-state index in [0.717, 1.165) is 22.4 Å². The number of fused-ring (bicyclic) bond motifs is 1. The fourth-order valence-electron chi connectivity index (χ4n) is 3.33. The number of benzene rings is 2. The second kappa shape index (κ2) is 6.22. The van der Waals surface area contributed by atoms with E-state index in [4.69, 9.17) is 0 Å². The third-order valence-corrected chi connectivity index (χ3v) is 4.56. The number of carbonyl (C=O) groups excluding carboxylic acids is 3. The summed E-state index contributed by atoms with van der Waals surface area (Å²) in [6, 6.07) is 14.9. The molecule has 2 amide bonds. The normalized spacial score (nSPS) is 17.3. The first-order valence-corrected chi connectivity index (χ1v) is 8.44. The number of imide groups is 1. The van der Waals surface area contributed by atoms with E-state index < -0.39 is 5.92 Å². The predicted molar refractivity (Wildman–Crippen MR) is 97.4 cm³/mol. The molecule has 3 aromatic rings. The van der Waals surface area contributed by atoms with E-state index >= 15 is 0 Å². The number of rotatable bonds is 4. The summed E-state index contributed by atoms with van der Waals surface area (Å²) in [5.74, 6) is -0.473. The molecule has 0 radical (unpaired) electrons. The van der Waals surface area contributed by atoms with Gasteiger partial charge in [0.05, 0.1) is 22.6 Å². The van der Waals surface area contributed by atoms with Crippen LogP contribution in [-0.2, 0) is 14.4 Å². The Balaban J connectivity index is 1.60. The minimum atomic E-state index is -0.546. The zero-order valence-electron chi connectivity index (χ0n) is 14.2. The Morgan fingerprint density at radius 3 is 2.58 bits per heavy atom. The molecule has 1 N–H and O–H groups in total. The highest BCUT2D eigenvalue weighted by Gasteiger charge is 2.39. The van der Waals surface area contributed by atoms with Gasteiger partial charge in [0.2, 0.25) is 11.8 Å². The average molecular weight is 347 g/mol. The predicted octanol–water partition coefficient (Wildman–Crippen LogP) is 3.09. The summed E-state index contributed by atoms with van der Waals surface area (Å²) >= 11 is 0. The van der Waals surface area contributed by atoms with Crippen LogP contribution < -0.4 is 4.90 Å². The number of anilines is 1. The SMILES string of the molecule is CC(=O)CC1CC(=O)N(c2ccc(-c3nc4ccccc4[nH]3)cc2)C1=O. The summed E-state index contributed by atoms with van der Waals surface area (Å²) < 4.78 is 0.